The van der Waals surface area contributed by atoms with E-state index in [-0.39, 0.29) is 34.6 Å². The Kier molecular flexibility index (Phi) is 6.95. The van der Waals surface area contributed by atoms with Crippen molar-refractivity contribution in [2.24, 2.45) is 10.7 Å². The van der Waals surface area contributed by atoms with Crippen LogP contribution in [-0.2, 0) is 0 Å². The topological polar surface area (TPSA) is 134 Å². The number of carboxylic acid groups (broad SMARTS) is 1. The van der Waals surface area contributed by atoms with Gasteiger partial charge in [0.2, 0.25) is 5.62 Å². The summed E-state index contributed by atoms with van der Waals surface area (Å²) in [5.74, 6) is -0.342. The second-order valence-corrected chi connectivity index (χ2v) is 9.89. The van der Waals surface area contributed by atoms with E-state index in [1.807, 2.05) is 0 Å². The fourth-order valence-electron chi connectivity index (χ4n) is 4.49. The summed E-state index contributed by atoms with van der Waals surface area (Å²) >= 11 is 6.20. The Bertz CT molecular complexity index is 1280. The average Bonchev–Trinajstić information content (AvgIpc) is 3.20. The van der Waals surface area contributed by atoms with Crippen molar-refractivity contribution in [3.63, 3.8) is 0 Å². The molecule has 5 N–H and O–H groups in total. The van der Waals surface area contributed by atoms with Crippen molar-refractivity contribution >= 4 is 40.1 Å². The van der Waals surface area contributed by atoms with E-state index in [1.54, 1.807) is 12.1 Å². The fourth-order valence-corrected chi connectivity index (χ4v) is 4.75. The van der Waals surface area contributed by atoms with Crippen molar-refractivity contribution in [1.82, 2.24) is 19.7 Å². The normalized spacial score (nSPS) is 19.4. The van der Waals surface area contributed by atoms with E-state index in [0.717, 1.165) is 36.9 Å². The minimum Gasteiger partial charge on any atom is -0.478 e. The lowest BCUT2D eigenvalue weighted by molar-refractivity contribution is 0.0697. The lowest BCUT2D eigenvalue weighted by Gasteiger charge is -2.25. The number of halogens is 1. The highest BCUT2D eigenvalue weighted by Crippen LogP contribution is 2.30. The Balaban J connectivity index is 1.92. The van der Waals surface area contributed by atoms with Crippen molar-refractivity contribution in [2.45, 2.75) is 77.4 Å². The van der Waals surface area contributed by atoms with Gasteiger partial charge in [-0.15, -0.1) is 0 Å². The fraction of sp³-hybridized carbons (Fsp3) is 0.500. The SMILES string of the molecule is CC(C)c1[nH]nc2c(Nc3ccc(C(=O)O)c(Cl)c3)nc(=NC3CCCCC3N)n(C(C)C)c12. The molecule has 2 heterocycles. The lowest BCUT2D eigenvalue weighted by Crippen LogP contribution is -2.39. The maximum absolute atomic E-state index is 11.3. The van der Waals surface area contributed by atoms with Crippen LogP contribution < -0.4 is 16.7 Å². The molecule has 2 aromatic heterocycles. The van der Waals surface area contributed by atoms with Gasteiger partial charge in [0.25, 0.3) is 0 Å². The third kappa shape index (κ3) is 4.67. The van der Waals surface area contributed by atoms with Crippen molar-refractivity contribution < 1.29 is 9.90 Å². The highest BCUT2D eigenvalue weighted by molar-refractivity contribution is 6.33. The second-order valence-electron chi connectivity index (χ2n) is 9.48. The molecular formula is C24H32ClN7O2. The number of rotatable bonds is 6. The molecule has 0 amide bonds. The number of anilines is 2. The highest BCUT2D eigenvalue weighted by atomic mass is 35.5. The standard InChI is InChI=1S/C24H32ClN7O2/c1-12(2)19-21-20(31-30-19)22(27-14-9-10-15(23(33)34)16(25)11-14)29-24(32(21)13(3)4)28-18-8-6-5-7-17(18)26/h9-13,17-18H,5-8,26H2,1-4H3,(H,30,31)(H,33,34)(H,27,28,29). The summed E-state index contributed by atoms with van der Waals surface area (Å²) in [6.45, 7) is 8.44. The Hall–Kier alpha value is -2.91. The molecule has 4 rings (SSSR count). The minimum atomic E-state index is -1.08. The van der Waals surface area contributed by atoms with Gasteiger partial charge in [0.15, 0.2) is 11.3 Å². The van der Waals surface area contributed by atoms with E-state index in [2.05, 4.69) is 47.8 Å². The molecule has 10 heteroatoms. The van der Waals surface area contributed by atoms with Gasteiger partial charge in [-0.25, -0.2) is 9.79 Å². The molecule has 3 aromatic rings. The van der Waals surface area contributed by atoms with Gasteiger partial charge in [0, 0.05) is 17.8 Å². The van der Waals surface area contributed by atoms with Crippen molar-refractivity contribution in [3.8, 4) is 0 Å². The first-order chi connectivity index (χ1) is 16.2. The van der Waals surface area contributed by atoms with Crippen LogP contribution in [0.4, 0.5) is 11.5 Å². The van der Waals surface area contributed by atoms with Crippen molar-refractivity contribution in [1.29, 1.82) is 0 Å². The molecule has 1 aliphatic rings. The molecule has 2 unspecified atom stereocenters. The van der Waals surface area contributed by atoms with Crippen LogP contribution in [0.25, 0.3) is 11.0 Å². The van der Waals surface area contributed by atoms with Gasteiger partial charge in [0.1, 0.15) is 0 Å². The molecule has 1 fully saturated rings. The Labute approximate surface area is 203 Å². The number of aromatic nitrogens is 4. The summed E-state index contributed by atoms with van der Waals surface area (Å²) in [5.41, 5.74) is 10.3. The van der Waals surface area contributed by atoms with E-state index < -0.39 is 5.97 Å². The van der Waals surface area contributed by atoms with Crippen LogP contribution in [0, 0.1) is 0 Å². The molecule has 1 aliphatic carbocycles. The minimum absolute atomic E-state index is 0.00949. The van der Waals surface area contributed by atoms with Crippen molar-refractivity contribution in [2.75, 3.05) is 5.32 Å². The number of hydrogen-bond donors (Lipinski definition) is 4. The van der Waals surface area contributed by atoms with E-state index >= 15 is 0 Å². The zero-order valence-corrected chi connectivity index (χ0v) is 20.7. The van der Waals surface area contributed by atoms with E-state index in [9.17, 15) is 9.90 Å². The number of nitrogens with zero attached hydrogens (tertiary/aromatic N) is 4. The maximum Gasteiger partial charge on any atom is 0.337 e. The number of carbonyl (C=O) groups is 1. The van der Waals surface area contributed by atoms with Crippen LogP contribution in [0.5, 0.6) is 0 Å². The Morgan fingerprint density at radius 2 is 2.03 bits per heavy atom. The first kappa shape index (κ1) is 24.2. The molecule has 1 saturated carbocycles. The summed E-state index contributed by atoms with van der Waals surface area (Å²) in [6, 6.07) is 4.83. The highest BCUT2D eigenvalue weighted by Gasteiger charge is 2.24. The average molecular weight is 486 g/mol. The van der Waals surface area contributed by atoms with E-state index in [0.29, 0.717) is 22.6 Å². The van der Waals surface area contributed by atoms with Gasteiger partial charge >= 0.3 is 5.97 Å². The van der Waals surface area contributed by atoms with Crippen LogP contribution in [0.2, 0.25) is 5.02 Å². The summed E-state index contributed by atoms with van der Waals surface area (Å²) in [5, 5.41) is 20.5. The molecule has 0 spiro atoms. The smallest absolute Gasteiger partial charge is 0.337 e. The third-order valence-electron chi connectivity index (χ3n) is 6.28. The number of carboxylic acids is 1. The molecule has 0 aliphatic heterocycles. The molecule has 0 saturated heterocycles. The number of hydrogen-bond acceptors (Lipinski definition) is 6. The molecule has 1 aromatic carbocycles. The largest absolute Gasteiger partial charge is 0.478 e. The van der Waals surface area contributed by atoms with Crippen LogP contribution in [0.3, 0.4) is 0 Å². The van der Waals surface area contributed by atoms with E-state index in [4.69, 9.17) is 27.3 Å². The third-order valence-corrected chi connectivity index (χ3v) is 6.59. The number of aromatic amines is 1. The van der Waals surface area contributed by atoms with Gasteiger partial charge in [-0.2, -0.15) is 10.1 Å². The number of nitrogens with one attached hydrogen (secondary N) is 2. The van der Waals surface area contributed by atoms with Crippen molar-refractivity contribution in [3.05, 3.63) is 40.1 Å². The first-order valence-corrected chi connectivity index (χ1v) is 12.1. The van der Waals surface area contributed by atoms with Gasteiger partial charge in [-0.1, -0.05) is 38.3 Å². The van der Waals surface area contributed by atoms with Gasteiger partial charge in [-0.3, -0.25) is 5.10 Å². The Morgan fingerprint density at radius 1 is 1.29 bits per heavy atom. The Morgan fingerprint density at radius 3 is 2.65 bits per heavy atom. The molecule has 0 radical (unpaired) electrons. The summed E-state index contributed by atoms with van der Waals surface area (Å²) in [4.78, 5) is 21.3. The van der Waals surface area contributed by atoms with Crippen LogP contribution in [-0.4, -0.2) is 42.9 Å². The van der Waals surface area contributed by atoms with Crippen LogP contribution in [0.1, 0.15) is 81.4 Å². The number of nitrogens with two attached hydrogens (primary N) is 1. The zero-order chi connectivity index (χ0) is 24.6. The number of benzene rings is 1. The molecule has 34 heavy (non-hydrogen) atoms. The van der Waals surface area contributed by atoms with E-state index in [1.165, 1.54) is 6.07 Å². The number of aromatic carboxylic acids is 1. The number of H-pyrrole nitrogens is 1. The summed E-state index contributed by atoms with van der Waals surface area (Å²) < 4.78 is 2.13. The van der Waals surface area contributed by atoms with Crippen LogP contribution >= 0.6 is 11.6 Å². The first-order valence-electron chi connectivity index (χ1n) is 11.8. The number of fused-ring (bicyclic) bond motifs is 1. The van der Waals surface area contributed by atoms with Gasteiger partial charge in [-0.05, 0) is 50.8 Å². The quantitative estimate of drug-likeness (QED) is 0.398. The predicted octanol–water partition coefficient (Wildman–Crippen LogP) is 4.73. The second kappa shape index (κ2) is 9.76. The zero-order valence-electron chi connectivity index (χ0n) is 20.0. The molecule has 182 valence electrons. The van der Waals surface area contributed by atoms with Crippen LogP contribution in [0.15, 0.2) is 23.2 Å². The van der Waals surface area contributed by atoms with Gasteiger partial charge < -0.3 is 20.7 Å². The molecular weight excluding hydrogens is 454 g/mol. The summed E-state index contributed by atoms with van der Waals surface area (Å²) in [7, 11) is 0. The summed E-state index contributed by atoms with van der Waals surface area (Å²) in [6.07, 6.45) is 4.13. The monoisotopic (exact) mass is 485 g/mol. The lowest BCUT2D eigenvalue weighted by atomic mass is 9.91. The predicted molar refractivity (Wildman–Crippen MR) is 134 cm³/mol. The van der Waals surface area contributed by atoms with Gasteiger partial charge in [0.05, 0.1) is 27.8 Å². The maximum atomic E-state index is 11.3. The molecule has 2 atom stereocenters. The molecule has 0 bridgehead atoms. The molecule has 9 nitrogen and oxygen atoms in total.